The summed E-state index contributed by atoms with van der Waals surface area (Å²) in [5, 5.41) is 0. The summed E-state index contributed by atoms with van der Waals surface area (Å²) in [6.07, 6.45) is 2.61. The molecule has 1 fully saturated rings. The molecule has 1 aliphatic heterocycles. The normalized spacial score (nSPS) is 19.4. The van der Waals surface area contributed by atoms with Gasteiger partial charge in [0.1, 0.15) is 5.75 Å². The van der Waals surface area contributed by atoms with E-state index in [1.165, 1.54) is 30.5 Å². The lowest BCUT2D eigenvalue weighted by molar-refractivity contribution is 0.111. The van der Waals surface area contributed by atoms with Crippen molar-refractivity contribution in [1.82, 2.24) is 4.90 Å². The maximum absolute atomic E-state index is 5.73. The number of nitrogens with zero attached hydrogens (tertiary/aromatic N) is 1. The van der Waals surface area contributed by atoms with E-state index in [1.807, 2.05) is 12.1 Å². The smallest absolute Gasteiger partial charge is 0.123 e. The van der Waals surface area contributed by atoms with Gasteiger partial charge in [-0.1, -0.05) is 19.9 Å². The SMILES string of the molecule is COc1ccc(CN)cc1CN1CCCC(C)(C)C1. The average Bonchev–Trinajstić information content (AvgIpc) is 2.37. The lowest BCUT2D eigenvalue weighted by Crippen LogP contribution is -2.39. The van der Waals surface area contributed by atoms with Crippen LogP contribution in [-0.4, -0.2) is 25.1 Å². The van der Waals surface area contributed by atoms with Crippen LogP contribution in [-0.2, 0) is 13.1 Å². The van der Waals surface area contributed by atoms with Gasteiger partial charge in [0, 0.05) is 25.2 Å². The van der Waals surface area contributed by atoms with Crippen molar-refractivity contribution in [3.05, 3.63) is 29.3 Å². The van der Waals surface area contributed by atoms with Crippen LogP contribution in [0.5, 0.6) is 5.75 Å². The molecule has 0 aromatic heterocycles. The lowest BCUT2D eigenvalue weighted by Gasteiger charge is -2.38. The predicted molar refractivity (Wildman–Crippen MR) is 79.2 cm³/mol. The second-order valence-corrected chi connectivity index (χ2v) is 6.33. The van der Waals surface area contributed by atoms with Crippen LogP contribution in [0, 0.1) is 5.41 Å². The zero-order valence-corrected chi connectivity index (χ0v) is 12.4. The standard InChI is InChI=1S/C16H26N2O/c1-16(2)7-4-8-18(12-16)11-14-9-13(10-17)5-6-15(14)19-3/h5-6,9H,4,7-8,10-12,17H2,1-3H3. The van der Waals surface area contributed by atoms with Gasteiger partial charge in [0.05, 0.1) is 7.11 Å². The van der Waals surface area contributed by atoms with E-state index < -0.39 is 0 Å². The first-order chi connectivity index (χ1) is 9.04. The van der Waals surface area contributed by atoms with Gasteiger partial charge in [0.15, 0.2) is 0 Å². The van der Waals surface area contributed by atoms with Crippen molar-refractivity contribution in [2.24, 2.45) is 11.1 Å². The quantitative estimate of drug-likeness (QED) is 0.907. The highest BCUT2D eigenvalue weighted by Gasteiger charge is 2.26. The van der Waals surface area contributed by atoms with Crippen LogP contribution in [0.4, 0.5) is 0 Å². The van der Waals surface area contributed by atoms with Crippen molar-refractivity contribution in [3.8, 4) is 5.75 Å². The molecule has 1 saturated heterocycles. The first-order valence-corrected chi connectivity index (χ1v) is 7.12. The van der Waals surface area contributed by atoms with E-state index in [2.05, 4.69) is 24.8 Å². The van der Waals surface area contributed by atoms with Gasteiger partial charge in [0.2, 0.25) is 0 Å². The Balaban J connectivity index is 2.13. The van der Waals surface area contributed by atoms with E-state index >= 15 is 0 Å². The van der Waals surface area contributed by atoms with Crippen LogP contribution in [0.15, 0.2) is 18.2 Å². The molecule has 0 atom stereocenters. The molecule has 1 aromatic carbocycles. The van der Waals surface area contributed by atoms with Crippen LogP contribution in [0.2, 0.25) is 0 Å². The minimum Gasteiger partial charge on any atom is -0.496 e. The van der Waals surface area contributed by atoms with Gasteiger partial charge in [-0.05, 0) is 42.5 Å². The van der Waals surface area contributed by atoms with E-state index in [9.17, 15) is 0 Å². The third-order valence-corrected chi connectivity index (χ3v) is 3.95. The molecule has 0 saturated carbocycles. The number of rotatable bonds is 4. The van der Waals surface area contributed by atoms with Crippen LogP contribution in [0.25, 0.3) is 0 Å². The second kappa shape index (κ2) is 5.93. The van der Waals surface area contributed by atoms with Crippen LogP contribution in [0.1, 0.15) is 37.8 Å². The Kier molecular flexibility index (Phi) is 4.48. The van der Waals surface area contributed by atoms with Crippen molar-refractivity contribution >= 4 is 0 Å². The van der Waals surface area contributed by atoms with Crippen molar-refractivity contribution < 1.29 is 4.74 Å². The number of likely N-dealkylation sites (tertiary alicyclic amines) is 1. The molecule has 0 aliphatic carbocycles. The van der Waals surface area contributed by atoms with Crippen molar-refractivity contribution in [1.29, 1.82) is 0 Å². The zero-order chi connectivity index (χ0) is 13.9. The molecule has 2 rings (SSSR count). The fourth-order valence-corrected chi connectivity index (χ4v) is 3.00. The van der Waals surface area contributed by atoms with E-state index in [-0.39, 0.29) is 0 Å². The van der Waals surface area contributed by atoms with Gasteiger partial charge >= 0.3 is 0 Å². The molecular weight excluding hydrogens is 236 g/mol. The third-order valence-electron chi connectivity index (χ3n) is 3.95. The number of ether oxygens (including phenoxy) is 1. The number of nitrogens with two attached hydrogens (primary N) is 1. The summed E-state index contributed by atoms with van der Waals surface area (Å²) in [6, 6.07) is 6.26. The van der Waals surface area contributed by atoms with Gasteiger partial charge in [0.25, 0.3) is 0 Å². The number of benzene rings is 1. The Labute approximate surface area is 116 Å². The minimum atomic E-state index is 0.428. The Morgan fingerprint density at radius 1 is 1.37 bits per heavy atom. The van der Waals surface area contributed by atoms with Crippen LogP contribution in [0.3, 0.4) is 0 Å². The molecule has 106 valence electrons. The topological polar surface area (TPSA) is 38.5 Å². The monoisotopic (exact) mass is 262 g/mol. The molecule has 0 spiro atoms. The minimum absolute atomic E-state index is 0.428. The molecule has 1 aliphatic rings. The second-order valence-electron chi connectivity index (χ2n) is 6.33. The summed E-state index contributed by atoms with van der Waals surface area (Å²) in [5.74, 6) is 0.973. The molecule has 0 bridgehead atoms. The van der Waals surface area contributed by atoms with Gasteiger partial charge < -0.3 is 10.5 Å². The Hall–Kier alpha value is -1.06. The van der Waals surface area contributed by atoms with Crippen molar-refractivity contribution in [2.75, 3.05) is 20.2 Å². The highest BCUT2D eigenvalue weighted by molar-refractivity contribution is 5.37. The fourth-order valence-electron chi connectivity index (χ4n) is 3.00. The predicted octanol–water partition coefficient (Wildman–Crippen LogP) is 2.78. The van der Waals surface area contributed by atoms with Gasteiger partial charge in [-0.2, -0.15) is 0 Å². The van der Waals surface area contributed by atoms with Gasteiger partial charge in [-0.15, -0.1) is 0 Å². The molecule has 2 N–H and O–H groups in total. The van der Waals surface area contributed by atoms with Crippen molar-refractivity contribution in [3.63, 3.8) is 0 Å². The maximum atomic E-state index is 5.73. The summed E-state index contributed by atoms with van der Waals surface area (Å²) >= 11 is 0. The van der Waals surface area contributed by atoms with Crippen LogP contribution < -0.4 is 10.5 Å². The lowest BCUT2D eigenvalue weighted by atomic mass is 9.84. The number of hydrogen-bond acceptors (Lipinski definition) is 3. The highest BCUT2D eigenvalue weighted by atomic mass is 16.5. The van der Waals surface area contributed by atoms with Gasteiger partial charge in [-0.3, -0.25) is 4.90 Å². The summed E-state index contributed by atoms with van der Waals surface area (Å²) in [4.78, 5) is 2.53. The van der Waals surface area contributed by atoms with Gasteiger partial charge in [-0.25, -0.2) is 0 Å². The molecule has 1 aromatic rings. The summed E-state index contributed by atoms with van der Waals surface area (Å²) < 4.78 is 5.47. The van der Waals surface area contributed by atoms with E-state index in [0.717, 1.165) is 18.8 Å². The van der Waals surface area contributed by atoms with E-state index in [1.54, 1.807) is 7.11 Å². The molecular formula is C16H26N2O. The van der Waals surface area contributed by atoms with E-state index in [0.29, 0.717) is 12.0 Å². The summed E-state index contributed by atoms with van der Waals surface area (Å²) in [7, 11) is 1.74. The molecule has 0 radical (unpaired) electrons. The van der Waals surface area contributed by atoms with Crippen molar-refractivity contribution in [2.45, 2.75) is 39.8 Å². The first kappa shape index (κ1) is 14.4. The summed E-state index contributed by atoms with van der Waals surface area (Å²) in [6.45, 7) is 8.59. The number of methoxy groups -OCH3 is 1. The molecule has 19 heavy (non-hydrogen) atoms. The Bertz CT molecular complexity index is 429. The zero-order valence-electron chi connectivity index (χ0n) is 12.4. The maximum Gasteiger partial charge on any atom is 0.123 e. The molecule has 3 heteroatoms. The largest absolute Gasteiger partial charge is 0.496 e. The number of piperidine rings is 1. The molecule has 1 heterocycles. The number of hydrogen-bond donors (Lipinski definition) is 1. The summed E-state index contributed by atoms with van der Waals surface area (Å²) in [5.41, 5.74) is 8.59. The molecule has 3 nitrogen and oxygen atoms in total. The Morgan fingerprint density at radius 2 is 2.16 bits per heavy atom. The first-order valence-electron chi connectivity index (χ1n) is 7.12. The van der Waals surface area contributed by atoms with Crippen LogP contribution >= 0.6 is 0 Å². The Morgan fingerprint density at radius 3 is 2.79 bits per heavy atom. The molecule has 0 amide bonds. The fraction of sp³-hybridized carbons (Fsp3) is 0.625. The third kappa shape index (κ3) is 3.71. The average molecular weight is 262 g/mol. The molecule has 0 unspecified atom stereocenters. The highest BCUT2D eigenvalue weighted by Crippen LogP contribution is 2.30. The van der Waals surface area contributed by atoms with E-state index in [4.69, 9.17) is 10.5 Å².